The highest BCUT2D eigenvalue weighted by Gasteiger charge is 2.25. The minimum Gasteiger partial charge on any atom is -0.497 e. The predicted octanol–water partition coefficient (Wildman–Crippen LogP) is 3.02. The van der Waals surface area contributed by atoms with Gasteiger partial charge in [-0.05, 0) is 49.6 Å². The second-order valence-corrected chi connectivity index (χ2v) is 6.77. The van der Waals surface area contributed by atoms with E-state index in [0.717, 1.165) is 28.0 Å². The number of hydrogen-bond acceptors (Lipinski definition) is 3. The molecule has 0 spiro atoms. The Morgan fingerprint density at radius 1 is 1.11 bits per heavy atom. The zero-order chi connectivity index (χ0) is 20.0. The highest BCUT2D eigenvalue weighted by Crippen LogP contribution is 2.17. The van der Waals surface area contributed by atoms with E-state index in [0.29, 0.717) is 6.54 Å². The van der Waals surface area contributed by atoms with E-state index in [1.54, 1.807) is 26.0 Å². The molecule has 1 atom stereocenters. The minimum absolute atomic E-state index is 0.0735. The number of rotatable bonds is 7. The van der Waals surface area contributed by atoms with Crippen molar-refractivity contribution in [3.05, 3.63) is 64.7 Å². The van der Waals surface area contributed by atoms with Crippen LogP contribution in [-0.2, 0) is 22.6 Å². The first-order chi connectivity index (χ1) is 12.8. The molecular formula is C22H28N2O3. The van der Waals surface area contributed by atoms with Crippen molar-refractivity contribution in [1.82, 2.24) is 10.2 Å². The minimum atomic E-state index is -0.560. The number of nitrogens with one attached hydrogen (secondary N) is 1. The van der Waals surface area contributed by atoms with Gasteiger partial charge in [0, 0.05) is 13.6 Å². The Balaban J connectivity index is 2.26. The van der Waals surface area contributed by atoms with Crippen LogP contribution >= 0.6 is 0 Å². The van der Waals surface area contributed by atoms with Crippen molar-refractivity contribution in [2.24, 2.45) is 0 Å². The van der Waals surface area contributed by atoms with Crippen LogP contribution < -0.4 is 10.1 Å². The second-order valence-electron chi connectivity index (χ2n) is 6.77. The van der Waals surface area contributed by atoms with E-state index >= 15 is 0 Å². The Hall–Kier alpha value is -2.82. The number of ether oxygens (including phenoxy) is 1. The molecule has 0 aliphatic rings. The number of carbonyl (C=O) groups is 2. The van der Waals surface area contributed by atoms with Crippen molar-refractivity contribution in [3.8, 4) is 5.75 Å². The van der Waals surface area contributed by atoms with Crippen LogP contribution in [0.15, 0.2) is 42.5 Å². The molecule has 2 aromatic rings. The number of likely N-dealkylation sites (N-methyl/N-ethyl adjacent to an activating group) is 1. The van der Waals surface area contributed by atoms with E-state index in [9.17, 15) is 9.59 Å². The lowest BCUT2D eigenvalue weighted by atomic mass is 10.0. The summed E-state index contributed by atoms with van der Waals surface area (Å²) in [6.45, 7) is 6.12. The fraction of sp³-hybridized carbons (Fsp3) is 0.364. The zero-order valence-electron chi connectivity index (χ0n) is 16.7. The van der Waals surface area contributed by atoms with Gasteiger partial charge in [0.25, 0.3) is 0 Å². The van der Waals surface area contributed by atoms with E-state index in [2.05, 4.69) is 5.32 Å². The molecule has 0 fully saturated rings. The van der Waals surface area contributed by atoms with Crippen molar-refractivity contribution in [2.75, 3.05) is 14.2 Å². The maximum atomic E-state index is 13.1. The quantitative estimate of drug-likeness (QED) is 0.817. The van der Waals surface area contributed by atoms with Crippen molar-refractivity contribution < 1.29 is 14.3 Å². The molecular weight excluding hydrogens is 340 g/mol. The number of amides is 2. The molecule has 0 heterocycles. The normalized spacial score (nSPS) is 11.6. The Morgan fingerprint density at radius 2 is 1.78 bits per heavy atom. The largest absolute Gasteiger partial charge is 0.497 e. The van der Waals surface area contributed by atoms with Crippen LogP contribution in [0.2, 0.25) is 0 Å². The van der Waals surface area contributed by atoms with Crippen LogP contribution in [0.1, 0.15) is 29.2 Å². The third kappa shape index (κ3) is 5.33. The molecule has 2 rings (SSSR count). The first kappa shape index (κ1) is 20.5. The summed E-state index contributed by atoms with van der Waals surface area (Å²) in [5, 5.41) is 2.64. The maximum Gasteiger partial charge on any atom is 0.242 e. The topological polar surface area (TPSA) is 58.6 Å². The van der Waals surface area contributed by atoms with Crippen LogP contribution in [-0.4, -0.2) is 36.9 Å². The highest BCUT2D eigenvalue weighted by molar-refractivity contribution is 5.88. The van der Waals surface area contributed by atoms with Crippen molar-refractivity contribution in [3.63, 3.8) is 0 Å². The maximum absolute atomic E-state index is 13.1. The Bertz CT molecular complexity index is 800. The molecule has 0 saturated carbocycles. The van der Waals surface area contributed by atoms with Gasteiger partial charge in [0.15, 0.2) is 0 Å². The molecule has 0 aromatic heterocycles. The Labute approximate surface area is 161 Å². The molecule has 2 amide bonds. The number of hydrogen-bond donors (Lipinski definition) is 1. The average molecular weight is 368 g/mol. The van der Waals surface area contributed by atoms with Crippen molar-refractivity contribution >= 4 is 11.8 Å². The molecule has 1 unspecified atom stereocenters. The van der Waals surface area contributed by atoms with Gasteiger partial charge in [-0.15, -0.1) is 0 Å². The van der Waals surface area contributed by atoms with Crippen LogP contribution in [0.3, 0.4) is 0 Å². The molecule has 2 aromatic carbocycles. The fourth-order valence-corrected chi connectivity index (χ4v) is 2.97. The second kappa shape index (κ2) is 9.21. The molecule has 0 aliphatic heterocycles. The van der Waals surface area contributed by atoms with Gasteiger partial charge < -0.3 is 15.0 Å². The lowest BCUT2D eigenvalue weighted by Gasteiger charge is -2.28. The van der Waals surface area contributed by atoms with Gasteiger partial charge in [-0.1, -0.05) is 35.9 Å². The van der Waals surface area contributed by atoms with Gasteiger partial charge in [-0.3, -0.25) is 9.59 Å². The first-order valence-corrected chi connectivity index (χ1v) is 9.05. The summed E-state index contributed by atoms with van der Waals surface area (Å²) in [4.78, 5) is 26.9. The van der Waals surface area contributed by atoms with Crippen LogP contribution in [0.5, 0.6) is 5.75 Å². The molecule has 0 aliphatic carbocycles. The number of nitrogens with zero attached hydrogens (tertiary/aromatic N) is 1. The van der Waals surface area contributed by atoms with E-state index in [4.69, 9.17) is 4.74 Å². The summed E-state index contributed by atoms with van der Waals surface area (Å²) in [6.07, 6.45) is 0.269. The van der Waals surface area contributed by atoms with Gasteiger partial charge in [0.2, 0.25) is 11.8 Å². The summed E-state index contributed by atoms with van der Waals surface area (Å²) in [7, 11) is 3.20. The lowest BCUT2D eigenvalue weighted by Crippen LogP contribution is -2.47. The monoisotopic (exact) mass is 368 g/mol. The molecule has 5 heteroatoms. The summed E-state index contributed by atoms with van der Waals surface area (Å²) in [6, 6.07) is 13.1. The van der Waals surface area contributed by atoms with Gasteiger partial charge in [-0.25, -0.2) is 0 Å². The van der Waals surface area contributed by atoms with Crippen molar-refractivity contribution in [1.29, 1.82) is 0 Å². The first-order valence-electron chi connectivity index (χ1n) is 9.05. The zero-order valence-corrected chi connectivity index (χ0v) is 16.7. The summed E-state index contributed by atoms with van der Waals surface area (Å²) in [5.74, 6) is 0.500. The van der Waals surface area contributed by atoms with Gasteiger partial charge in [0.1, 0.15) is 11.8 Å². The SMILES string of the molecule is CNC(=O)C(C)N(Cc1ccc(OC)cc1)C(=O)Cc1cc(C)ccc1C. The molecule has 0 saturated heterocycles. The van der Waals surface area contributed by atoms with E-state index < -0.39 is 6.04 Å². The van der Waals surface area contributed by atoms with Gasteiger partial charge >= 0.3 is 0 Å². The molecule has 0 radical (unpaired) electrons. The average Bonchev–Trinajstić information content (AvgIpc) is 2.68. The summed E-state index contributed by atoms with van der Waals surface area (Å²) >= 11 is 0. The van der Waals surface area contributed by atoms with Crippen molar-refractivity contribution in [2.45, 2.75) is 39.8 Å². The third-order valence-electron chi connectivity index (χ3n) is 4.77. The van der Waals surface area contributed by atoms with E-state index in [1.807, 2.05) is 56.3 Å². The number of aryl methyl sites for hydroxylation is 2. The van der Waals surface area contributed by atoms with Crippen LogP contribution in [0.25, 0.3) is 0 Å². The van der Waals surface area contributed by atoms with E-state index in [1.165, 1.54) is 0 Å². The standard InChI is InChI=1S/C22H28N2O3/c1-15-6-7-16(2)19(12-15)13-21(25)24(17(3)22(26)23-4)14-18-8-10-20(27-5)11-9-18/h6-12,17H,13-14H2,1-5H3,(H,23,26). The molecule has 1 N–H and O–H groups in total. The lowest BCUT2D eigenvalue weighted by molar-refractivity contribution is -0.139. The number of benzene rings is 2. The van der Waals surface area contributed by atoms with Crippen LogP contribution in [0, 0.1) is 13.8 Å². The Kier molecular flexibility index (Phi) is 6.99. The molecule has 27 heavy (non-hydrogen) atoms. The molecule has 5 nitrogen and oxygen atoms in total. The third-order valence-corrected chi connectivity index (χ3v) is 4.77. The van der Waals surface area contributed by atoms with Gasteiger partial charge in [-0.2, -0.15) is 0 Å². The summed E-state index contributed by atoms with van der Waals surface area (Å²) in [5.41, 5.74) is 4.13. The van der Waals surface area contributed by atoms with Gasteiger partial charge in [0.05, 0.1) is 13.5 Å². The van der Waals surface area contributed by atoms with E-state index in [-0.39, 0.29) is 18.2 Å². The summed E-state index contributed by atoms with van der Waals surface area (Å²) < 4.78 is 5.18. The number of carbonyl (C=O) groups excluding carboxylic acids is 2. The van der Waals surface area contributed by atoms with Crippen LogP contribution in [0.4, 0.5) is 0 Å². The Morgan fingerprint density at radius 3 is 2.37 bits per heavy atom. The molecule has 0 bridgehead atoms. The molecule has 144 valence electrons. The highest BCUT2D eigenvalue weighted by atomic mass is 16.5. The number of methoxy groups -OCH3 is 1. The predicted molar refractivity (Wildman–Crippen MR) is 107 cm³/mol. The fourth-order valence-electron chi connectivity index (χ4n) is 2.97. The smallest absolute Gasteiger partial charge is 0.242 e.